The average molecular weight is 478 g/mol. The molecule has 0 saturated carbocycles. The van der Waals surface area contributed by atoms with E-state index in [1.165, 1.54) is 16.5 Å². The maximum Gasteiger partial charge on any atom is 0.225 e. The van der Waals surface area contributed by atoms with Crippen LogP contribution in [0.1, 0.15) is 48.0 Å². The zero-order valence-electron chi connectivity index (χ0n) is 20.5. The summed E-state index contributed by atoms with van der Waals surface area (Å²) in [6.07, 6.45) is 10.3. The molecule has 5 rings (SSSR count). The zero-order valence-corrected chi connectivity index (χ0v) is 20.5. The van der Waals surface area contributed by atoms with E-state index in [1.807, 2.05) is 0 Å². The van der Waals surface area contributed by atoms with Gasteiger partial charge in [0.15, 0.2) is 12.1 Å². The van der Waals surface area contributed by atoms with Gasteiger partial charge in [-0.25, -0.2) is 9.97 Å². The number of benzene rings is 1. The highest BCUT2D eigenvalue weighted by atomic mass is 16.7. The Bertz CT molecular complexity index is 1120. The second kappa shape index (κ2) is 11.3. The highest BCUT2D eigenvalue weighted by Gasteiger charge is 2.22. The number of hydrogen-bond acceptors (Lipinski definition) is 7. The van der Waals surface area contributed by atoms with Crippen LogP contribution in [0.25, 0.3) is 10.9 Å². The van der Waals surface area contributed by atoms with Crippen LogP contribution in [-0.4, -0.2) is 59.5 Å². The van der Waals surface area contributed by atoms with E-state index in [0.717, 1.165) is 58.3 Å². The van der Waals surface area contributed by atoms with Crippen molar-refractivity contribution in [3.63, 3.8) is 0 Å². The Morgan fingerprint density at radius 3 is 2.74 bits per heavy atom. The Kier molecular flexibility index (Phi) is 7.71. The molecule has 8 heteroatoms. The number of hydrogen-bond donors (Lipinski definition) is 1. The van der Waals surface area contributed by atoms with E-state index in [2.05, 4.69) is 62.3 Å². The summed E-state index contributed by atoms with van der Waals surface area (Å²) < 4.78 is 13.3. The molecular formula is C27H35N5O3. The van der Waals surface area contributed by atoms with Crippen LogP contribution in [-0.2, 0) is 23.1 Å². The van der Waals surface area contributed by atoms with Crippen LogP contribution >= 0.6 is 0 Å². The number of anilines is 1. The van der Waals surface area contributed by atoms with E-state index in [-0.39, 0.29) is 18.7 Å². The van der Waals surface area contributed by atoms with E-state index in [1.54, 1.807) is 12.4 Å². The summed E-state index contributed by atoms with van der Waals surface area (Å²) in [6, 6.07) is 8.67. The van der Waals surface area contributed by atoms with Gasteiger partial charge in [0, 0.05) is 51.9 Å². The van der Waals surface area contributed by atoms with Crippen LogP contribution < -0.4 is 10.2 Å². The van der Waals surface area contributed by atoms with Gasteiger partial charge in [0.1, 0.15) is 6.61 Å². The van der Waals surface area contributed by atoms with Crippen LogP contribution in [0.5, 0.6) is 0 Å². The number of para-hydroxylation sites is 1. The Morgan fingerprint density at radius 1 is 1.14 bits per heavy atom. The first-order valence-electron chi connectivity index (χ1n) is 12.7. The number of carbonyl (C=O) groups is 1. The number of rotatable bonds is 9. The first kappa shape index (κ1) is 23.9. The van der Waals surface area contributed by atoms with Crippen molar-refractivity contribution >= 4 is 22.6 Å². The molecule has 186 valence electrons. The van der Waals surface area contributed by atoms with Gasteiger partial charge >= 0.3 is 0 Å². The third kappa shape index (κ3) is 5.89. The van der Waals surface area contributed by atoms with E-state index in [4.69, 9.17) is 9.47 Å². The monoisotopic (exact) mass is 477 g/mol. The summed E-state index contributed by atoms with van der Waals surface area (Å²) in [6.45, 7) is 4.44. The van der Waals surface area contributed by atoms with Crippen LogP contribution in [0.3, 0.4) is 0 Å². The predicted molar refractivity (Wildman–Crippen MR) is 135 cm³/mol. The van der Waals surface area contributed by atoms with E-state index in [0.29, 0.717) is 24.0 Å². The fraction of sp³-hybridized carbons (Fsp3) is 0.519. The summed E-state index contributed by atoms with van der Waals surface area (Å²) in [5, 5.41) is 4.96. The van der Waals surface area contributed by atoms with Crippen LogP contribution in [0.2, 0.25) is 0 Å². The van der Waals surface area contributed by atoms with E-state index >= 15 is 0 Å². The van der Waals surface area contributed by atoms with Crippen molar-refractivity contribution < 1.29 is 14.3 Å². The first-order chi connectivity index (χ1) is 17.2. The molecular weight excluding hydrogens is 442 g/mol. The molecule has 0 amide bonds. The van der Waals surface area contributed by atoms with Gasteiger partial charge in [-0.2, -0.15) is 0 Å². The molecule has 2 saturated heterocycles. The summed E-state index contributed by atoms with van der Waals surface area (Å²) >= 11 is 0. The zero-order chi connectivity index (χ0) is 24.0. The highest BCUT2D eigenvalue weighted by Crippen LogP contribution is 2.22. The lowest BCUT2D eigenvalue weighted by atomic mass is 9.97. The summed E-state index contributed by atoms with van der Waals surface area (Å²) in [5.74, 6) is 1.22. The number of ether oxygens (including phenoxy) is 2. The molecule has 4 heterocycles. The molecule has 0 aliphatic carbocycles. The molecule has 0 spiro atoms. The van der Waals surface area contributed by atoms with Gasteiger partial charge in [-0.3, -0.25) is 4.79 Å². The topological polar surface area (TPSA) is 81.5 Å². The number of aromatic nitrogens is 3. The number of nitrogens with zero attached hydrogens (tertiary/aromatic N) is 4. The van der Waals surface area contributed by atoms with Crippen molar-refractivity contribution in [2.75, 3.05) is 37.7 Å². The minimum atomic E-state index is -0.268. The van der Waals surface area contributed by atoms with Gasteiger partial charge in [-0.05, 0) is 61.6 Å². The van der Waals surface area contributed by atoms with Crippen molar-refractivity contribution in [1.29, 1.82) is 0 Å². The largest absolute Gasteiger partial charge is 0.353 e. The van der Waals surface area contributed by atoms with Gasteiger partial charge < -0.3 is 24.3 Å². The lowest BCUT2D eigenvalue weighted by Crippen LogP contribution is -2.38. The number of piperidine rings is 1. The number of nitrogens with one attached hydrogen (secondary N) is 1. The number of carbonyl (C=O) groups excluding carboxylic acids is 1. The van der Waals surface area contributed by atoms with Crippen molar-refractivity contribution in [2.45, 2.75) is 44.9 Å². The second-order valence-electron chi connectivity index (χ2n) is 9.64. The number of ketones is 1. The quantitative estimate of drug-likeness (QED) is 0.471. The average Bonchev–Trinajstić information content (AvgIpc) is 3.30. The third-order valence-electron chi connectivity index (χ3n) is 7.13. The lowest BCUT2D eigenvalue weighted by molar-refractivity contribution is -0.155. The second-order valence-corrected chi connectivity index (χ2v) is 9.64. The third-order valence-corrected chi connectivity index (χ3v) is 7.13. The molecule has 2 aliphatic heterocycles. The highest BCUT2D eigenvalue weighted by molar-refractivity contribution is 5.96. The molecule has 1 unspecified atom stereocenters. The summed E-state index contributed by atoms with van der Waals surface area (Å²) in [4.78, 5) is 23.6. The van der Waals surface area contributed by atoms with Crippen molar-refractivity contribution in [3.05, 3.63) is 54.0 Å². The molecule has 1 N–H and O–H groups in total. The number of aryl methyl sites for hydroxylation is 1. The molecule has 2 aliphatic rings. The van der Waals surface area contributed by atoms with Crippen LogP contribution in [0.15, 0.2) is 42.9 Å². The summed E-state index contributed by atoms with van der Waals surface area (Å²) in [7, 11) is 2.10. The molecule has 0 radical (unpaired) electrons. The molecule has 3 aromatic rings. The number of Topliss-reactive ketones (excluding diaryl/α,β-unsaturated/α-hetero) is 1. The lowest BCUT2D eigenvalue weighted by Gasteiger charge is -2.32. The maximum absolute atomic E-state index is 12.4. The number of fused-ring (bicyclic) bond motifs is 1. The first-order valence-corrected chi connectivity index (χ1v) is 12.7. The smallest absolute Gasteiger partial charge is 0.225 e. The van der Waals surface area contributed by atoms with Gasteiger partial charge in [-0.1, -0.05) is 18.2 Å². The fourth-order valence-electron chi connectivity index (χ4n) is 5.06. The minimum absolute atomic E-state index is 0.00432. The Hall–Kier alpha value is -2.81. The van der Waals surface area contributed by atoms with Crippen molar-refractivity contribution in [1.82, 2.24) is 19.9 Å². The van der Waals surface area contributed by atoms with Gasteiger partial charge in [0.2, 0.25) is 5.95 Å². The Balaban J connectivity index is 1.05. The molecule has 2 fully saturated rings. The molecule has 35 heavy (non-hydrogen) atoms. The Labute approximate surface area is 206 Å². The van der Waals surface area contributed by atoms with Gasteiger partial charge in [0.05, 0.1) is 11.1 Å². The van der Waals surface area contributed by atoms with Gasteiger partial charge in [0.25, 0.3) is 0 Å². The van der Waals surface area contributed by atoms with E-state index < -0.39 is 0 Å². The Morgan fingerprint density at radius 2 is 1.97 bits per heavy atom. The SMILES string of the molecule is Cn1ccc2cccc(CNCC3CCN(c4ncc(C(=O)COC5CCCCO5)cn4)CC3)c21. The normalized spacial score (nSPS) is 19.3. The van der Waals surface area contributed by atoms with E-state index in [9.17, 15) is 4.79 Å². The molecule has 8 nitrogen and oxygen atoms in total. The predicted octanol–water partition coefficient (Wildman–Crippen LogP) is 3.70. The molecule has 1 atom stereocenters. The minimum Gasteiger partial charge on any atom is -0.353 e. The maximum atomic E-state index is 12.4. The van der Waals surface area contributed by atoms with Crippen molar-refractivity contribution in [3.8, 4) is 0 Å². The summed E-state index contributed by atoms with van der Waals surface area (Å²) in [5.41, 5.74) is 3.13. The van der Waals surface area contributed by atoms with Crippen LogP contribution in [0.4, 0.5) is 5.95 Å². The van der Waals surface area contributed by atoms with Gasteiger partial charge in [-0.15, -0.1) is 0 Å². The van der Waals surface area contributed by atoms with Crippen molar-refractivity contribution in [2.24, 2.45) is 13.0 Å². The fourth-order valence-corrected chi connectivity index (χ4v) is 5.06. The molecule has 0 bridgehead atoms. The molecule has 2 aromatic heterocycles. The standard InChI is InChI=1S/C27H35N5O3/c1-31-11-10-21-5-4-6-22(26(21)31)16-28-15-20-8-12-32(13-9-20)27-29-17-23(18-30-27)24(33)19-35-25-7-2-3-14-34-25/h4-6,10-11,17-18,20,25,28H,2-3,7-9,12-16,19H2,1H3. The molecule has 1 aromatic carbocycles. The van der Waals surface area contributed by atoms with Crippen LogP contribution in [0, 0.1) is 5.92 Å².